The second-order valence-corrected chi connectivity index (χ2v) is 6.32. The van der Waals surface area contributed by atoms with E-state index in [1.54, 1.807) is 23.9 Å². The molecule has 0 radical (unpaired) electrons. The quantitative estimate of drug-likeness (QED) is 0.406. The molecule has 6 nitrogen and oxygen atoms in total. The number of hydrogen-bond donors (Lipinski definition) is 0. The van der Waals surface area contributed by atoms with Gasteiger partial charge >= 0.3 is 11.9 Å². The molecule has 1 unspecified atom stereocenters. The summed E-state index contributed by atoms with van der Waals surface area (Å²) in [7, 11) is 1.30. The second-order valence-electron chi connectivity index (χ2n) is 5.15. The maximum absolute atomic E-state index is 11.7. The van der Waals surface area contributed by atoms with Crippen molar-refractivity contribution in [1.29, 1.82) is 0 Å². The first kappa shape index (κ1) is 18.1. The van der Waals surface area contributed by atoms with Crippen molar-refractivity contribution in [1.82, 2.24) is 4.90 Å². The predicted octanol–water partition coefficient (Wildman–Crippen LogP) is 1.99. The molecule has 24 heavy (non-hydrogen) atoms. The topological polar surface area (TPSA) is 72.9 Å². The average molecular weight is 349 g/mol. The van der Waals surface area contributed by atoms with Gasteiger partial charge < -0.3 is 14.4 Å². The van der Waals surface area contributed by atoms with Gasteiger partial charge in [0.15, 0.2) is 0 Å². The molecule has 7 heteroatoms. The fraction of sp³-hybridized carbons (Fsp3) is 0.353. The Labute approximate surface area is 144 Å². The van der Waals surface area contributed by atoms with Crippen molar-refractivity contribution < 1.29 is 23.9 Å². The lowest BCUT2D eigenvalue weighted by Crippen LogP contribution is -2.52. The molecule has 2 rings (SSSR count). The summed E-state index contributed by atoms with van der Waals surface area (Å²) in [6, 6.07) is 7.12. The molecule has 1 fully saturated rings. The summed E-state index contributed by atoms with van der Waals surface area (Å²) in [5, 5.41) is -0.0196. The van der Waals surface area contributed by atoms with Gasteiger partial charge in [0.2, 0.25) is 5.91 Å². The van der Waals surface area contributed by atoms with Crippen LogP contribution in [0.25, 0.3) is 0 Å². The van der Waals surface area contributed by atoms with Crippen LogP contribution in [0, 0.1) is 0 Å². The molecule has 1 aliphatic heterocycles. The Kier molecular flexibility index (Phi) is 6.43. The maximum Gasteiger partial charge on any atom is 0.338 e. The lowest BCUT2D eigenvalue weighted by molar-refractivity contribution is -0.153. The summed E-state index contributed by atoms with van der Waals surface area (Å²) < 4.78 is 9.55. The van der Waals surface area contributed by atoms with Crippen LogP contribution in [0.15, 0.2) is 36.9 Å². The molecule has 1 aromatic rings. The molecule has 0 bridgehead atoms. The third kappa shape index (κ3) is 4.61. The van der Waals surface area contributed by atoms with Crippen molar-refractivity contribution in [3.63, 3.8) is 0 Å². The van der Waals surface area contributed by atoms with Gasteiger partial charge in [0.1, 0.15) is 13.2 Å². The van der Waals surface area contributed by atoms with Crippen LogP contribution in [0.1, 0.15) is 22.3 Å². The van der Waals surface area contributed by atoms with Crippen LogP contribution in [0.2, 0.25) is 0 Å². The number of thioether (sulfide) groups is 1. The standard InChI is InChI=1S/C17H19NO5S/c1-3-8-23-17(21)13-6-4-12(5-7-13)11-24-15-9-14(19)18(15)10-16(20)22-2/h3-7,15H,1,8-11H2,2H3. The molecule has 1 heterocycles. The Balaban J connectivity index is 1.84. The van der Waals surface area contributed by atoms with Crippen LogP contribution in [-0.2, 0) is 24.8 Å². The first-order valence-corrected chi connectivity index (χ1v) is 8.45. The van der Waals surface area contributed by atoms with E-state index in [4.69, 9.17) is 4.74 Å². The van der Waals surface area contributed by atoms with Crippen molar-refractivity contribution in [2.75, 3.05) is 20.3 Å². The Morgan fingerprint density at radius 3 is 2.67 bits per heavy atom. The SMILES string of the molecule is C=CCOC(=O)c1ccc(CSC2CC(=O)N2CC(=O)OC)cc1. The number of likely N-dealkylation sites (tertiary alicyclic amines) is 1. The lowest BCUT2D eigenvalue weighted by Gasteiger charge is -2.39. The van der Waals surface area contributed by atoms with Gasteiger partial charge in [0.25, 0.3) is 0 Å². The first-order chi connectivity index (χ1) is 11.5. The summed E-state index contributed by atoms with van der Waals surface area (Å²) in [6.07, 6.45) is 1.94. The number of amides is 1. The molecule has 0 spiro atoms. The van der Waals surface area contributed by atoms with Crippen LogP contribution in [0.3, 0.4) is 0 Å². The van der Waals surface area contributed by atoms with Crippen molar-refractivity contribution in [2.24, 2.45) is 0 Å². The molecule has 0 saturated carbocycles. The van der Waals surface area contributed by atoms with Gasteiger partial charge in [0, 0.05) is 5.75 Å². The zero-order chi connectivity index (χ0) is 17.5. The molecule has 1 aromatic carbocycles. The molecule has 1 atom stereocenters. The number of ether oxygens (including phenoxy) is 2. The Morgan fingerprint density at radius 2 is 2.08 bits per heavy atom. The van der Waals surface area contributed by atoms with Crippen molar-refractivity contribution >= 4 is 29.6 Å². The van der Waals surface area contributed by atoms with Gasteiger partial charge in [-0.05, 0) is 17.7 Å². The smallest absolute Gasteiger partial charge is 0.338 e. The van der Waals surface area contributed by atoms with Crippen LogP contribution in [-0.4, -0.2) is 48.4 Å². The largest absolute Gasteiger partial charge is 0.468 e. The van der Waals surface area contributed by atoms with E-state index in [0.717, 1.165) is 5.56 Å². The summed E-state index contributed by atoms with van der Waals surface area (Å²) in [4.78, 5) is 36.0. The molecular formula is C17H19NO5S. The Hall–Kier alpha value is -2.28. The van der Waals surface area contributed by atoms with Crippen molar-refractivity contribution in [3.8, 4) is 0 Å². The first-order valence-electron chi connectivity index (χ1n) is 7.40. The van der Waals surface area contributed by atoms with Crippen LogP contribution in [0.5, 0.6) is 0 Å². The van der Waals surface area contributed by atoms with Gasteiger partial charge in [-0.1, -0.05) is 24.8 Å². The zero-order valence-electron chi connectivity index (χ0n) is 13.4. The average Bonchev–Trinajstić information content (AvgIpc) is 2.61. The third-order valence-corrected chi connectivity index (χ3v) is 4.81. The maximum atomic E-state index is 11.7. The minimum absolute atomic E-state index is 0.0128. The molecular weight excluding hydrogens is 330 g/mol. The summed E-state index contributed by atoms with van der Waals surface area (Å²) in [5.41, 5.74) is 1.51. The molecule has 0 aliphatic carbocycles. The van der Waals surface area contributed by atoms with Gasteiger partial charge in [0.05, 0.1) is 24.5 Å². The van der Waals surface area contributed by atoms with E-state index in [0.29, 0.717) is 17.7 Å². The van der Waals surface area contributed by atoms with E-state index in [2.05, 4.69) is 11.3 Å². The van der Waals surface area contributed by atoms with E-state index in [-0.39, 0.29) is 30.4 Å². The number of rotatable bonds is 8. The number of hydrogen-bond acceptors (Lipinski definition) is 6. The highest BCUT2D eigenvalue weighted by molar-refractivity contribution is 7.99. The Morgan fingerprint density at radius 1 is 1.38 bits per heavy atom. The van der Waals surface area contributed by atoms with E-state index >= 15 is 0 Å². The van der Waals surface area contributed by atoms with Gasteiger partial charge in [-0.25, -0.2) is 4.79 Å². The van der Waals surface area contributed by atoms with Crippen LogP contribution < -0.4 is 0 Å². The fourth-order valence-corrected chi connectivity index (χ4v) is 3.32. The van der Waals surface area contributed by atoms with Gasteiger partial charge in [-0.3, -0.25) is 9.59 Å². The highest BCUT2D eigenvalue weighted by Crippen LogP contribution is 2.31. The number of carbonyl (C=O) groups is 3. The summed E-state index contributed by atoms with van der Waals surface area (Å²) >= 11 is 1.58. The molecule has 0 N–H and O–H groups in total. The molecule has 1 saturated heterocycles. The molecule has 0 aromatic heterocycles. The minimum Gasteiger partial charge on any atom is -0.468 e. The normalized spacial score (nSPS) is 16.3. The van der Waals surface area contributed by atoms with E-state index in [9.17, 15) is 14.4 Å². The van der Waals surface area contributed by atoms with E-state index in [1.807, 2.05) is 12.1 Å². The highest BCUT2D eigenvalue weighted by Gasteiger charge is 2.37. The van der Waals surface area contributed by atoms with Gasteiger partial charge in [-0.15, -0.1) is 11.8 Å². The van der Waals surface area contributed by atoms with Gasteiger partial charge in [-0.2, -0.15) is 0 Å². The Bertz CT molecular complexity index is 628. The number of β-lactam (4-membered cyclic amide) rings is 1. The number of esters is 2. The summed E-state index contributed by atoms with van der Waals surface area (Å²) in [5.74, 6) is -0.172. The third-order valence-electron chi connectivity index (χ3n) is 3.51. The fourth-order valence-electron chi connectivity index (χ4n) is 2.11. The number of benzene rings is 1. The summed E-state index contributed by atoms with van der Waals surface area (Å²) in [6.45, 7) is 3.66. The second kappa shape index (κ2) is 8.54. The van der Waals surface area contributed by atoms with E-state index < -0.39 is 5.97 Å². The van der Waals surface area contributed by atoms with E-state index in [1.165, 1.54) is 18.1 Å². The number of nitrogens with zero attached hydrogens (tertiary/aromatic N) is 1. The minimum atomic E-state index is -0.420. The zero-order valence-corrected chi connectivity index (χ0v) is 14.2. The number of carbonyl (C=O) groups excluding carboxylic acids is 3. The monoisotopic (exact) mass is 349 g/mol. The van der Waals surface area contributed by atoms with Crippen LogP contribution >= 0.6 is 11.8 Å². The highest BCUT2D eigenvalue weighted by atomic mass is 32.2. The molecule has 1 aliphatic rings. The molecule has 1 amide bonds. The van der Waals surface area contributed by atoms with Crippen molar-refractivity contribution in [3.05, 3.63) is 48.0 Å². The molecule has 128 valence electrons. The van der Waals surface area contributed by atoms with Crippen LogP contribution in [0.4, 0.5) is 0 Å². The lowest BCUT2D eigenvalue weighted by atomic mass is 10.1. The predicted molar refractivity (Wildman–Crippen MR) is 90.4 cm³/mol. The van der Waals surface area contributed by atoms with Crippen molar-refractivity contribution in [2.45, 2.75) is 17.5 Å². The number of methoxy groups -OCH3 is 1.